The van der Waals surface area contributed by atoms with Gasteiger partial charge in [-0.1, -0.05) is 12.1 Å². The number of aromatic nitrogens is 3. The fourth-order valence-corrected chi connectivity index (χ4v) is 4.23. The summed E-state index contributed by atoms with van der Waals surface area (Å²) >= 11 is 1.18. The molecule has 0 spiro atoms. The predicted octanol–water partition coefficient (Wildman–Crippen LogP) is 3.45. The van der Waals surface area contributed by atoms with Crippen LogP contribution < -0.4 is 11.1 Å². The van der Waals surface area contributed by atoms with Crippen molar-refractivity contribution in [3.8, 4) is 10.6 Å². The lowest BCUT2D eigenvalue weighted by Gasteiger charge is -2.17. The maximum atomic E-state index is 14.0. The Balaban J connectivity index is 1.53. The van der Waals surface area contributed by atoms with Crippen LogP contribution >= 0.6 is 11.3 Å². The first-order valence-electron chi connectivity index (χ1n) is 9.49. The highest BCUT2D eigenvalue weighted by molar-refractivity contribution is 7.13. The first kappa shape index (κ1) is 20.6. The summed E-state index contributed by atoms with van der Waals surface area (Å²) in [4.78, 5) is 17.0. The molecule has 3 N–H and O–H groups in total. The second kappa shape index (κ2) is 8.58. The molecule has 3 atom stereocenters. The van der Waals surface area contributed by atoms with Crippen LogP contribution in [0.4, 0.5) is 14.5 Å². The molecule has 10 heteroatoms. The molecule has 0 unspecified atom stereocenters. The van der Waals surface area contributed by atoms with E-state index in [1.165, 1.54) is 23.6 Å². The highest BCUT2D eigenvalue weighted by atomic mass is 32.1. The Morgan fingerprint density at radius 2 is 2.17 bits per heavy atom. The van der Waals surface area contributed by atoms with E-state index in [2.05, 4.69) is 15.4 Å². The molecule has 2 aromatic heterocycles. The number of nitrogens with zero attached hydrogens (tertiary/aromatic N) is 3. The van der Waals surface area contributed by atoms with E-state index in [0.29, 0.717) is 34.8 Å². The zero-order valence-corrected chi connectivity index (χ0v) is 17.0. The lowest BCUT2D eigenvalue weighted by atomic mass is 10.0. The summed E-state index contributed by atoms with van der Waals surface area (Å²) < 4.78 is 35.2. The monoisotopic (exact) mass is 433 g/mol. The highest BCUT2D eigenvalue weighted by Crippen LogP contribution is 2.33. The number of hydrogen-bond donors (Lipinski definition) is 2. The van der Waals surface area contributed by atoms with Crippen LogP contribution in [0.1, 0.15) is 35.1 Å². The number of nitrogens with one attached hydrogen (secondary N) is 1. The van der Waals surface area contributed by atoms with E-state index in [9.17, 15) is 13.6 Å². The average Bonchev–Trinajstić information content (AvgIpc) is 3.32. The SMILES string of the molecule is Cn1ncc(NC(=O)c2csc(-c3ccccc3F)n2)c1[C@@H]1CC[C@@H](N)[C@@H](F)CO1. The van der Waals surface area contributed by atoms with Crippen molar-refractivity contribution in [2.45, 2.75) is 31.2 Å². The van der Waals surface area contributed by atoms with Crippen molar-refractivity contribution < 1.29 is 18.3 Å². The molecule has 1 saturated heterocycles. The van der Waals surface area contributed by atoms with Crippen LogP contribution in [-0.4, -0.2) is 39.5 Å². The van der Waals surface area contributed by atoms with Gasteiger partial charge < -0.3 is 15.8 Å². The number of carbonyl (C=O) groups excluding carboxylic acids is 1. The second-order valence-electron chi connectivity index (χ2n) is 7.12. The molecule has 158 valence electrons. The molecule has 0 saturated carbocycles. The lowest BCUT2D eigenvalue weighted by Crippen LogP contribution is -2.32. The van der Waals surface area contributed by atoms with Gasteiger partial charge in [-0.15, -0.1) is 11.3 Å². The maximum Gasteiger partial charge on any atom is 0.275 e. The highest BCUT2D eigenvalue weighted by Gasteiger charge is 2.30. The second-order valence-corrected chi connectivity index (χ2v) is 7.98. The van der Waals surface area contributed by atoms with Crippen LogP contribution in [0.5, 0.6) is 0 Å². The first-order valence-corrected chi connectivity index (χ1v) is 10.4. The van der Waals surface area contributed by atoms with Gasteiger partial charge in [0.15, 0.2) is 0 Å². The number of carbonyl (C=O) groups is 1. The molecular weight excluding hydrogens is 412 g/mol. The van der Waals surface area contributed by atoms with Gasteiger partial charge >= 0.3 is 0 Å². The first-order chi connectivity index (χ1) is 14.4. The van der Waals surface area contributed by atoms with E-state index in [1.807, 2.05) is 0 Å². The smallest absolute Gasteiger partial charge is 0.275 e. The number of thiazole rings is 1. The lowest BCUT2D eigenvalue weighted by molar-refractivity contribution is 0.0247. The Labute approximate surface area is 175 Å². The fourth-order valence-electron chi connectivity index (χ4n) is 3.40. The summed E-state index contributed by atoms with van der Waals surface area (Å²) in [6.45, 7) is -0.109. The number of benzene rings is 1. The Morgan fingerprint density at radius 1 is 1.37 bits per heavy atom. The molecule has 4 rings (SSSR count). The summed E-state index contributed by atoms with van der Waals surface area (Å²) in [7, 11) is 1.73. The zero-order valence-electron chi connectivity index (χ0n) is 16.2. The summed E-state index contributed by atoms with van der Waals surface area (Å²) in [5.74, 6) is -0.847. The van der Waals surface area contributed by atoms with Gasteiger partial charge in [-0.25, -0.2) is 13.8 Å². The van der Waals surface area contributed by atoms with Crippen molar-refractivity contribution in [2.75, 3.05) is 11.9 Å². The minimum absolute atomic E-state index is 0.109. The molecule has 7 nitrogen and oxygen atoms in total. The number of hydrogen-bond acceptors (Lipinski definition) is 6. The largest absolute Gasteiger partial charge is 0.369 e. The third-order valence-corrected chi connectivity index (χ3v) is 5.94. The van der Waals surface area contributed by atoms with Gasteiger partial charge in [-0.3, -0.25) is 9.48 Å². The average molecular weight is 433 g/mol. The maximum absolute atomic E-state index is 14.0. The molecule has 1 aliphatic rings. The number of rotatable bonds is 4. The molecule has 3 aromatic rings. The molecule has 0 bridgehead atoms. The number of amides is 1. The van der Waals surface area contributed by atoms with Crippen molar-refractivity contribution >= 4 is 22.9 Å². The van der Waals surface area contributed by atoms with Crippen LogP contribution in [0.15, 0.2) is 35.8 Å². The van der Waals surface area contributed by atoms with Crippen molar-refractivity contribution in [1.29, 1.82) is 0 Å². The van der Waals surface area contributed by atoms with E-state index in [0.717, 1.165) is 0 Å². The quantitative estimate of drug-likeness (QED) is 0.657. The van der Waals surface area contributed by atoms with Gasteiger partial charge in [-0.05, 0) is 25.0 Å². The Kier molecular flexibility index (Phi) is 5.89. The molecule has 0 aliphatic carbocycles. The Morgan fingerprint density at radius 3 is 2.97 bits per heavy atom. The van der Waals surface area contributed by atoms with Gasteiger partial charge in [0, 0.05) is 24.0 Å². The molecule has 30 heavy (non-hydrogen) atoms. The summed E-state index contributed by atoms with van der Waals surface area (Å²) in [6, 6.07) is 5.69. The van der Waals surface area contributed by atoms with Crippen LogP contribution in [0.25, 0.3) is 10.6 Å². The van der Waals surface area contributed by atoms with Crippen LogP contribution in [0.3, 0.4) is 0 Å². The molecule has 1 fully saturated rings. The van der Waals surface area contributed by atoms with Crippen LogP contribution in [0, 0.1) is 5.82 Å². The minimum Gasteiger partial charge on any atom is -0.369 e. The zero-order chi connectivity index (χ0) is 21.3. The summed E-state index contributed by atoms with van der Waals surface area (Å²) in [6.07, 6.45) is 0.816. The third kappa shape index (κ3) is 4.11. The topological polar surface area (TPSA) is 95.1 Å². The third-order valence-electron chi connectivity index (χ3n) is 5.06. The number of ether oxygens (including phenoxy) is 1. The van der Waals surface area contributed by atoms with Crippen molar-refractivity contribution in [3.05, 3.63) is 53.0 Å². The standard InChI is InChI=1S/C20H21F2N5O2S/c1-27-18(17-7-6-14(23)13(22)9-29-17)15(8-24-27)25-19(28)16-10-30-20(26-16)11-4-2-3-5-12(11)21/h2-5,8,10,13-14,17H,6-7,9,23H2,1H3,(H,25,28)/t13-,14+,17-/m0/s1. The van der Waals surface area contributed by atoms with Crippen molar-refractivity contribution in [1.82, 2.24) is 14.8 Å². The number of anilines is 1. The van der Waals surface area contributed by atoms with Crippen molar-refractivity contribution in [2.24, 2.45) is 12.8 Å². The van der Waals surface area contributed by atoms with Crippen LogP contribution in [-0.2, 0) is 11.8 Å². The molecular formula is C20H21F2N5O2S. The van der Waals surface area contributed by atoms with E-state index in [-0.39, 0.29) is 12.3 Å². The van der Waals surface area contributed by atoms with Gasteiger partial charge in [-0.2, -0.15) is 5.10 Å². The number of halogens is 2. The van der Waals surface area contributed by atoms with Gasteiger partial charge in [0.25, 0.3) is 5.91 Å². The van der Waals surface area contributed by atoms with E-state index >= 15 is 0 Å². The van der Waals surface area contributed by atoms with Crippen molar-refractivity contribution in [3.63, 3.8) is 0 Å². The molecule has 1 aliphatic heterocycles. The summed E-state index contributed by atoms with van der Waals surface area (Å²) in [5, 5.41) is 8.98. The molecule has 3 heterocycles. The summed E-state index contributed by atoms with van der Waals surface area (Å²) in [5.41, 5.74) is 7.41. The number of aryl methyl sites for hydroxylation is 1. The fraction of sp³-hybridized carbons (Fsp3) is 0.350. The molecule has 0 radical (unpaired) electrons. The van der Waals surface area contributed by atoms with Gasteiger partial charge in [0.2, 0.25) is 0 Å². The molecule has 1 amide bonds. The molecule has 1 aromatic carbocycles. The number of nitrogens with two attached hydrogens (primary N) is 1. The van der Waals surface area contributed by atoms with Gasteiger partial charge in [0.05, 0.1) is 24.2 Å². The van der Waals surface area contributed by atoms with E-state index in [4.69, 9.17) is 10.5 Å². The Bertz CT molecular complexity index is 1040. The Hall–Kier alpha value is -2.69. The van der Waals surface area contributed by atoms with E-state index < -0.39 is 30.0 Å². The van der Waals surface area contributed by atoms with E-state index in [1.54, 1.807) is 35.3 Å². The van der Waals surface area contributed by atoms with Crippen LogP contribution in [0.2, 0.25) is 0 Å². The normalized spacial score (nSPS) is 21.9. The van der Waals surface area contributed by atoms with Gasteiger partial charge in [0.1, 0.15) is 28.8 Å². The minimum atomic E-state index is -1.23. The number of alkyl halides is 1. The predicted molar refractivity (Wildman–Crippen MR) is 109 cm³/mol.